The van der Waals surface area contributed by atoms with Crippen molar-refractivity contribution in [3.63, 3.8) is 0 Å². The first-order valence-corrected chi connectivity index (χ1v) is 10.4. The molecule has 5 aliphatic rings. The average molecular weight is 342 g/mol. The summed E-state index contributed by atoms with van der Waals surface area (Å²) >= 11 is 0. The van der Waals surface area contributed by atoms with Gasteiger partial charge in [-0.3, -0.25) is 9.59 Å². The zero-order valence-corrected chi connectivity index (χ0v) is 15.6. The number of fused-ring (bicyclic) bond motifs is 3. The van der Waals surface area contributed by atoms with E-state index in [1.54, 1.807) is 0 Å². The monoisotopic (exact) mass is 342 g/mol. The van der Waals surface area contributed by atoms with Crippen LogP contribution < -0.4 is 0 Å². The molecule has 7 atom stereocenters. The van der Waals surface area contributed by atoms with Crippen molar-refractivity contribution < 1.29 is 14.3 Å². The Morgan fingerprint density at radius 3 is 2.88 bits per heavy atom. The lowest BCUT2D eigenvalue weighted by Gasteiger charge is -2.56. The number of hydrogen-bond donors (Lipinski definition) is 0. The number of carbonyl (C=O) groups is 2. The van der Waals surface area contributed by atoms with E-state index in [9.17, 15) is 9.59 Å². The predicted molar refractivity (Wildman–Crippen MR) is 94.9 cm³/mol. The summed E-state index contributed by atoms with van der Waals surface area (Å²) in [6.07, 6.45) is 10.3. The summed E-state index contributed by atoms with van der Waals surface area (Å²) < 4.78 is 6.24. The van der Waals surface area contributed by atoms with E-state index < -0.39 is 0 Å². The molecule has 2 bridgehead atoms. The third-order valence-electron chi connectivity index (χ3n) is 8.97. The molecule has 0 aromatic rings. The van der Waals surface area contributed by atoms with Crippen molar-refractivity contribution in [2.24, 2.45) is 34.5 Å². The Bertz CT molecular complexity index is 664. The maximum atomic E-state index is 12.6. The zero-order valence-electron chi connectivity index (χ0n) is 15.6. The van der Waals surface area contributed by atoms with Gasteiger partial charge in [0.05, 0.1) is 12.7 Å². The van der Waals surface area contributed by atoms with Crippen LogP contribution in [-0.4, -0.2) is 24.3 Å². The van der Waals surface area contributed by atoms with Crippen molar-refractivity contribution in [2.45, 2.75) is 71.3 Å². The maximum absolute atomic E-state index is 12.6. The first kappa shape index (κ1) is 16.2. The van der Waals surface area contributed by atoms with Gasteiger partial charge >= 0.3 is 0 Å². The molecule has 3 heteroatoms. The molecule has 0 aromatic carbocycles. The van der Waals surface area contributed by atoms with Crippen molar-refractivity contribution >= 4 is 11.6 Å². The van der Waals surface area contributed by atoms with Crippen LogP contribution in [0, 0.1) is 34.5 Å². The molecule has 4 aliphatic carbocycles. The van der Waals surface area contributed by atoms with Gasteiger partial charge in [0.1, 0.15) is 5.78 Å². The van der Waals surface area contributed by atoms with E-state index in [1.165, 1.54) is 24.8 Å². The second kappa shape index (κ2) is 5.28. The Morgan fingerprint density at radius 1 is 1.24 bits per heavy atom. The van der Waals surface area contributed by atoms with Gasteiger partial charge in [-0.2, -0.15) is 0 Å². The fraction of sp³-hybridized carbons (Fsp3) is 0.818. The Balaban J connectivity index is 1.51. The van der Waals surface area contributed by atoms with E-state index in [0.29, 0.717) is 42.2 Å². The van der Waals surface area contributed by atoms with Crippen LogP contribution in [0.3, 0.4) is 0 Å². The van der Waals surface area contributed by atoms with Gasteiger partial charge in [-0.05, 0) is 73.3 Å². The molecule has 3 nitrogen and oxygen atoms in total. The summed E-state index contributed by atoms with van der Waals surface area (Å²) in [5.41, 5.74) is 1.69. The van der Waals surface area contributed by atoms with Gasteiger partial charge < -0.3 is 4.74 Å². The van der Waals surface area contributed by atoms with Gasteiger partial charge in [0.25, 0.3) is 0 Å². The summed E-state index contributed by atoms with van der Waals surface area (Å²) in [5, 5.41) is 0. The smallest absolute Gasteiger partial charge is 0.155 e. The molecule has 1 aliphatic heterocycles. The Hall–Kier alpha value is -0.960. The third-order valence-corrected chi connectivity index (χ3v) is 8.97. The topological polar surface area (TPSA) is 43.4 Å². The molecule has 0 amide bonds. The van der Waals surface area contributed by atoms with E-state index in [1.807, 2.05) is 13.0 Å². The number of ketones is 2. The SMILES string of the molecule is CCC(=O)[C@H]1CCC2C3C[C@H]4OC[C@@]5(CCC(=O)C=C45)C3CC[C@@]21C. The summed E-state index contributed by atoms with van der Waals surface area (Å²) in [4.78, 5) is 24.6. The summed E-state index contributed by atoms with van der Waals surface area (Å²) in [5.74, 6) is 3.09. The first-order chi connectivity index (χ1) is 12.0. The van der Waals surface area contributed by atoms with Crippen molar-refractivity contribution in [1.82, 2.24) is 0 Å². The number of ether oxygens (including phenoxy) is 1. The molecular weight excluding hydrogens is 312 g/mol. The van der Waals surface area contributed by atoms with Gasteiger partial charge in [0, 0.05) is 24.2 Å². The predicted octanol–water partition coefficient (Wildman–Crippen LogP) is 4.10. The molecule has 0 N–H and O–H groups in total. The standard InChI is InChI=1S/C22H30O3/c1-3-19(24)17-5-4-15-14-11-20-18-10-13(23)6-9-22(18,12-25-20)16(14)7-8-21(15,17)2/h10,14-17,20H,3-9,11-12H2,1-2H3/t14?,15?,16?,17-,20-,21+,22+/m1/s1. The molecule has 1 saturated heterocycles. The van der Waals surface area contributed by atoms with E-state index >= 15 is 0 Å². The second-order valence-corrected chi connectivity index (χ2v) is 9.63. The number of hydrogen-bond acceptors (Lipinski definition) is 3. The van der Waals surface area contributed by atoms with Crippen molar-refractivity contribution in [2.75, 3.05) is 6.61 Å². The van der Waals surface area contributed by atoms with Crippen LogP contribution in [0.25, 0.3) is 0 Å². The largest absolute Gasteiger partial charge is 0.373 e. The minimum atomic E-state index is 0.148. The Kier molecular flexibility index (Phi) is 3.43. The fourth-order valence-corrected chi connectivity index (χ4v) is 7.81. The molecule has 25 heavy (non-hydrogen) atoms. The van der Waals surface area contributed by atoms with Gasteiger partial charge in [0.15, 0.2) is 5.78 Å². The molecule has 4 fully saturated rings. The van der Waals surface area contributed by atoms with E-state index in [0.717, 1.165) is 25.9 Å². The van der Waals surface area contributed by atoms with Crippen LogP contribution in [0.5, 0.6) is 0 Å². The van der Waals surface area contributed by atoms with E-state index in [-0.39, 0.29) is 22.9 Å². The minimum Gasteiger partial charge on any atom is -0.373 e. The Morgan fingerprint density at radius 2 is 2.08 bits per heavy atom. The van der Waals surface area contributed by atoms with Crippen LogP contribution in [0.2, 0.25) is 0 Å². The normalized spacial score (nSPS) is 50.7. The summed E-state index contributed by atoms with van der Waals surface area (Å²) in [7, 11) is 0. The van der Waals surface area contributed by atoms with Gasteiger partial charge in [0.2, 0.25) is 0 Å². The van der Waals surface area contributed by atoms with Crippen molar-refractivity contribution in [3.05, 3.63) is 11.6 Å². The lowest BCUT2D eigenvalue weighted by Crippen LogP contribution is -2.53. The van der Waals surface area contributed by atoms with Gasteiger partial charge in [-0.25, -0.2) is 0 Å². The fourth-order valence-electron chi connectivity index (χ4n) is 7.81. The zero-order chi connectivity index (χ0) is 17.4. The van der Waals surface area contributed by atoms with Crippen LogP contribution in [0.4, 0.5) is 0 Å². The third kappa shape index (κ3) is 1.97. The molecular formula is C22H30O3. The number of carbonyl (C=O) groups excluding carboxylic acids is 2. The molecule has 5 rings (SSSR count). The van der Waals surface area contributed by atoms with Crippen LogP contribution >= 0.6 is 0 Å². The first-order valence-electron chi connectivity index (χ1n) is 10.4. The van der Waals surface area contributed by atoms with Gasteiger partial charge in [-0.15, -0.1) is 0 Å². The van der Waals surface area contributed by atoms with Gasteiger partial charge in [-0.1, -0.05) is 13.8 Å². The molecule has 136 valence electrons. The van der Waals surface area contributed by atoms with E-state index in [4.69, 9.17) is 4.74 Å². The average Bonchev–Trinajstić information content (AvgIpc) is 3.08. The highest BCUT2D eigenvalue weighted by molar-refractivity contribution is 5.92. The molecule has 3 unspecified atom stereocenters. The quantitative estimate of drug-likeness (QED) is 0.759. The van der Waals surface area contributed by atoms with Crippen molar-refractivity contribution in [1.29, 1.82) is 0 Å². The lowest BCUT2D eigenvalue weighted by molar-refractivity contribution is -0.130. The number of rotatable bonds is 2. The Labute approximate surface area is 150 Å². The van der Waals surface area contributed by atoms with Crippen LogP contribution in [-0.2, 0) is 14.3 Å². The molecule has 3 saturated carbocycles. The number of Topliss-reactive ketones (excluding diaryl/α,β-unsaturated/α-hetero) is 1. The lowest BCUT2D eigenvalue weighted by atomic mass is 9.46. The highest BCUT2D eigenvalue weighted by Gasteiger charge is 2.64. The van der Waals surface area contributed by atoms with Crippen LogP contribution in [0.1, 0.15) is 65.2 Å². The molecule has 0 radical (unpaired) electrons. The minimum absolute atomic E-state index is 0.148. The van der Waals surface area contributed by atoms with Crippen molar-refractivity contribution in [3.8, 4) is 0 Å². The summed E-state index contributed by atoms with van der Waals surface area (Å²) in [6, 6.07) is 0. The summed E-state index contributed by atoms with van der Waals surface area (Å²) in [6.45, 7) is 5.27. The maximum Gasteiger partial charge on any atom is 0.155 e. The second-order valence-electron chi connectivity index (χ2n) is 9.63. The molecule has 1 heterocycles. The van der Waals surface area contributed by atoms with E-state index in [2.05, 4.69) is 6.92 Å². The molecule has 0 spiro atoms. The highest BCUT2D eigenvalue weighted by Crippen LogP contribution is 2.68. The molecule has 0 aromatic heterocycles. The van der Waals surface area contributed by atoms with Crippen LogP contribution in [0.15, 0.2) is 11.6 Å². The highest BCUT2D eigenvalue weighted by atomic mass is 16.5.